The molecule has 1 fully saturated rings. The number of sulfonamides is 1. The average molecular weight is 348 g/mol. The molecular weight excluding hydrogens is 326 g/mol. The van der Waals surface area contributed by atoms with Gasteiger partial charge in [-0.05, 0) is 37.6 Å². The van der Waals surface area contributed by atoms with Crippen LogP contribution in [0.4, 0.5) is 5.69 Å². The quantitative estimate of drug-likeness (QED) is 0.867. The second-order valence-corrected chi connectivity index (χ2v) is 7.25. The van der Waals surface area contributed by atoms with Crippen molar-refractivity contribution in [1.82, 2.24) is 4.31 Å². The van der Waals surface area contributed by atoms with Gasteiger partial charge in [-0.25, -0.2) is 8.42 Å². The van der Waals surface area contributed by atoms with Gasteiger partial charge >= 0.3 is 0 Å². The highest BCUT2D eigenvalue weighted by Crippen LogP contribution is 2.24. The largest absolute Gasteiger partial charge is 0.329 e. The van der Waals surface area contributed by atoms with Crippen molar-refractivity contribution >= 4 is 34.0 Å². The third-order valence-corrected chi connectivity index (χ3v) is 5.85. The minimum atomic E-state index is -3.55. The Labute approximate surface area is 137 Å². The third-order valence-electron chi connectivity index (χ3n) is 3.86. The predicted molar refractivity (Wildman–Crippen MR) is 88.7 cm³/mol. The maximum atomic E-state index is 12.4. The summed E-state index contributed by atoms with van der Waals surface area (Å²) in [5, 5.41) is 0. The van der Waals surface area contributed by atoms with E-state index in [4.69, 9.17) is 5.73 Å². The molecule has 124 valence electrons. The SMILES string of the molecule is CC(CN)N(C)S(=O)(=O)c1ccc(N2CCCC2=O)cc1.Cl. The first kappa shape index (κ1) is 18.9. The summed E-state index contributed by atoms with van der Waals surface area (Å²) >= 11 is 0. The van der Waals surface area contributed by atoms with Crippen molar-refractivity contribution in [2.75, 3.05) is 25.0 Å². The number of hydrogen-bond donors (Lipinski definition) is 1. The number of benzene rings is 1. The molecule has 22 heavy (non-hydrogen) atoms. The van der Waals surface area contributed by atoms with Crippen molar-refractivity contribution in [3.05, 3.63) is 24.3 Å². The third kappa shape index (κ3) is 3.60. The lowest BCUT2D eigenvalue weighted by molar-refractivity contribution is -0.117. The Balaban J connectivity index is 0.00000242. The molecule has 1 aliphatic rings. The Kier molecular flexibility index (Phi) is 6.37. The number of halogens is 1. The molecule has 0 aromatic heterocycles. The number of rotatable bonds is 5. The van der Waals surface area contributed by atoms with Crippen LogP contribution in [-0.4, -0.2) is 44.8 Å². The number of hydrogen-bond acceptors (Lipinski definition) is 4. The van der Waals surface area contributed by atoms with Gasteiger partial charge in [0.05, 0.1) is 4.90 Å². The van der Waals surface area contributed by atoms with E-state index in [-0.39, 0.29) is 35.8 Å². The van der Waals surface area contributed by atoms with E-state index < -0.39 is 10.0 Å². The highest BCUT2D eigenvalue weighted by Gasteiger charge is 2.26. The van der Waals surface area contributed by atoms with E-state index in [0.717, 1.165) is 12.1 Å². The van der Waals surface area contributed by atoms with Crippen LogP contribution in [-0.2, 0) is 14.8 Å². The van der Waals surface area contributed by atoms with Gasteiger partial charge in [-0.2, -0.15) is 4.31 Å². The van der Waals surface area contributed by atoms with Crippen LogP contribution >= 0.6 is 12.4 Å². The van der Waals surface area contributed by atoms with Crippen molar-refractivity contribution in [2.24, 2.45) is 5.73 Å². The van der Waals surface area contributed by atoms with Crippen LogP contribution in [0.15, 0.2) is 29.2 Å². The summed E-state index contributed by atoms with van der Waals surface area (Å²) in [4.78, 5) is 13.6. The van der Waals surface area contributed by atoms with Crippen molar-refractivity contribution in [3.8, 4) is 0 Å². The van der Waals surface area contributed by atoms with E-state index in [1.54, 1.807) is 24.0 Å². The monoisotopic (exact) mass is 347 g/mol. The second kappa shape index (κ2) is 7.41. The molecule has 1 heterocycles. The fourth-order valence-corrected chi connectivity index (χ4v) is 3.64. The summed E-state index contributed by atoms with van der Waals surface area (Å²) in [7, 11) is -2.04. The van der Waals surface area contributed by atoms with Gasteiger partial charge in [0.15, 0.2) is 0 Å². The molecule has 0 radical (unpaired) electrons. The summed E-state index contributed by atoms with van der Waals surface area (Å²) in [5.41, 5.74) is 6.26. The molecule has 0 bridgehead atoms. The van der Waals surface area contributed by atoms with E-state index >= 15 is 0 Å². The number of amides is 1. The number of carbonyl (C=O) groups is 1. The maximum absolute atomic E-state index is 12.4. The predicted octanol–water partition coefficient (Wildman–Crippen LogP) is 1.20. The summed E-state index contributed by atoms with van der Waals surface area (Å²) < 4.78 is 26.1. The first-order valence-electron chi connectivity index (χ1n) is 6.96. The number of likely N-dealkylation sites (N-methyl/N-ethyl adjacent to an activating group) is 1. The molecule has 0 aliphatic carbocycles. The Hall–Kier alpha value is -1.15. The fraction of sp³-hybridized carbons (Fsp3) is 0.500. The van der Waals surface area contributed by atoms with Crippen molar-refractivity contribution < 1.29 is 13.2 Å². The fourth-order valence-electron chi connectivity index (χ4n) is 2.27. The number of carbonyl (C=O) groups excluding carboxylic acids is 1. The first-order valence-corrected chi connectivity index (χ1v) is 8.40. The zero-order valence-corrected chi connectivity index (χ0v) is 14.4. The van der Waals surface area contributed by atoms with Crippen LogP contribution in [0, 0.1) is 0 Å². The zero-order valence-electron chi connectivity index (χ0n) is 12.7. The highest BCUT2D eigenvalue weighted by atomic mass is 35.5. The molecule has 1 aromatic rings. The molecule has 2 N–H and O–H groups in total. The lowest BCUT2D eigenvalue weighted by Crippen LogP contribution is -2.39. The lowest BCUT2D eigenvalue weighted by atomic mass is 10.3. The average Bonchev–Trinajstić information content (AvgIpc) is 2.91. The molecule has 1 aliphatic heterocycles. The van der Waals surface area contributed by atoms with Gasteiger partial charge in [-0.3, -0.25) is 4.79 Å². The van der Waals surface area contributed by atoms with Gasteiger partial charge in [0, 0.05) is 38.3 Å². The van der Waals surface area contributed by atoms with E-state index in [2.05, 4.69) is 0 Å². The number of nitrogens with two attached hydrogens (primary N) is 1. The number of nitrogens with zero attached hydrogens (tertiary/aromatic N) is 2. The molecule has 1 aromatic carbocycles. The molecule has 6 nitrogen and oxygen atoms in total. The minimum Gasteiger partial charge on any atom is -0.329 e. The van der Waals surface area contributed by atoms with Crippen LogP contribution in [0.3, 0.4) is 0 Å². The standard InChI is InChI=1S/C14H21N3O3S.ClH/c1-11(10-15)16(2)21(19,20)13-7-5-12(6-8-13)17-9-3-4-14(17)18;/h5-8,11H,3-4,9-10,15H2,1-2H3;1H. The molecule has 0 spiro atoms. The molecule has 1 atom stereocenters. The highest BCUT2D eigenvalue weighted by molar-refractivity contribution is 7.89. The molecule has 1 unspecified atom stereocenters. The van der Waals surface area contributed by atoms with Gasteiger partial charge in [0.1, 0.15) is 0 Å². The Bertz CT molecular complexity index is 619. The molecule has 1 amide bonds. The van der Waals surface area contributed by atoms with E-state index in [0.29, 0.717) is 13.0 Å². The molecule has 8 heteroatoms. The van der Waals surface area contributed by atoms with Gasteiger partial charge < -0.3 is 10.6 Å². The van der Waals surface area contributed by atoms with Crippen molar-refractivity contribution in [3.63, 3.8) is 0 Å². The minimum absolute atomic E-state index is 0. The van der Waals surface area contributed by atoms with Gasteiger partial charge in [0.25, 0.3) is 0 Å². The normalized spacial score (nSPS) is 16.7. The molecule has 1 saturated heterocycles. The van der Waals surface area contributed by atoms with Gasteiger partial charge in [-0.15, -0.1) is 12.4 Å². The Morgan fingerprint density at radius 1 is 1.32 bits per heavy atom. The molecule has 2 rings (SSSR count). The summed E-state index contributed by atoms with van der Waals surface area (Å²) in [5.74, 6) is 0.0829. The van der Waals surface area contributed by atoms with Gasteiger partial charge in [-0.1, -0.05) is 0 Å². The van der Waals surface area contributed by atoms with Crippen molar-refractivity contribution in [2.45, 2.75) is 30.7 Å². The van der Waals surface area contributed by atoms with Crippen LogP contribution < -0.4 is 10.6 Å². The van der Waals surface area contributed by atoms with E-state index in [1.165, 1.54) is 23.5 Å². The van der Waals surface area contributed by atoms with E-state index in [9.17, 15) is 13.2 Å². The summed E-state index contributed by atoms with van der Waals surface area (Å²) in [6, 6.07) is 6.16. The second-order valence-electron chi connectivity index (χ2n) is 5.25. The van der Waals surface area contributed by atoms with Crippen molar-refractivity contribution in [1.29, 1.82) is 0 Å². The summed E-state index contributed by atoms with van der Waals surface area (Å²) in [6.07, 6.45) is 1.40. The number of anilines is 1. The topological polar surface area (TPSA) is 83.7 Å². The van der Waals surface area contributed by atoms with Crippen LogP contribution in [0.2, 0.25) is 0 Å². The lowest BCUT2D eigenvalue weighted by Gasteiger charge is -2.23. The van der Waals surface area contributed by atoms with E-state index in [1.807, 2.05) is 0 Å². The molecular formula is C14H22ClN3O3S. The Morgan fingerprint density at radius 2 is 1.91 bits per heavy atom. The Morgan fingerprint density at radius 3 is 2.36 bits per heavy atom. The first-order chi connectivity index (χ1) is 9.87. The smallest absolute Gasteiger partial charge is 0.243 e. The maximum Gasteiger partial charge on any atom is 0.243 e. The molecule has 0 saturated carbocycles. The van der Waals surface area contributed by atoms with Crippen LogP contribution in [0.5, 0.6) is 0 Å². The van der Waals surface area contributed by atoms with Crippen LogP contribution in [0.25, 0.3) is 0 Å². The zero-order chi connectivity index (χ0) is 15.6. The van der Waals surface area contributed by atoms with Gasteiger partial charge in [0.2, 0.25) is 15.9 Å². The van der Waals surface area contributed by atoms with Crippen LogP contribution in [0.1, 0.15) is 19.8 Å². The summed E-state index contributed by atoms with van der Waals surface area (Å²) in [6.45, 7) is 2.71.